The summed E-state index contributed by atoms with van der Waals surface area (Å²) in [6.45, 7) is 4.20. The summed E-state index contributed by atoms with van der Waals surface area (Å²) in [6, 6.07) is 27.1. The van der Waals surface area contributed by atoms with E-state index in [0.717, 1.165) is 19.4 Å². The Bertz CT molecular complexity index is 1240. The van der Waals surface area contributed by atoms with Crippen molar-refractivity contribution in [2.75, 3.05) is 58.2 Å². The first-order chi connectivity index (χ1) is 19.9. The van der Waals surface area contributed by atoms with Crippen LogP contribution in [0.3, 0.4) is 0 Å². The molecule has 3 amide bonds. The second kappa shape index (κ2) is 14.9. The van der Waals surface area contributed by atoms with Gasteiger partial charge in [-0.15, -0.1) is 0 Å². The number of piperazine rings is 1. The predicted molar refractivity (Wildman–Crippen MR) is 158 cm³/mol. The van der Waals surface area contributed by atoms with E-state index in [4.69, 9.17) is 4.74 Å². The van der Waals surface area contributed by atoms with Gasteiger partial charge in [0.15, 0.2) is 0 Å². The Morgan fingerprint density at radius 2 is 1.51 bits per heavy atom. The smallest absolute Gasteiger partial charge is 0.407 e. The molecule has 3 aromatic rings. The lowest BCUT2D eigenvalue weighted by Gasteiger charge is -2.33. The third-order valence-electron chi connectivity index (χ3n) is 7.46. The number of nitrogens with one attached hydrogen (secondary N) is 1. The molecule has 1 aliphatic rings. The van der Waals surface area contributed by atoms with Crippen LogP contribution >= 0.6 is 0 Å². The minimum Gasteiger partial charge on any atom is -0.465 e. The molecule has 3 aromatic carbocycles. The summed E-state index contributed by atoms with van der Waals surface area (Å²) in [7, 11) is 1.33. The van der Waals surface area contributed by atoms with E-state index in [1.165, 1.54) is 23.1 Å². The lowest BCUT2D eigenvalue weighted by atomic mass is 9.88. The minimum absolute atomic E-state index is 0.124. The number of esters is 1. The largest absolute Gasteiger partial charge is 0.465 e. The minimum atomic E-state index is -0.879. The van der Waals surface area contributed by atoms with E-state index in [1.54, 1.807) is 24.3 Å². The standard InChI is InChI=1S/C32H38N4O5/c1-41-30(37)27-14-8-15-28(24-27)33-31(38)35(18-9-17-34-20-22-36(23-21-34)32(39)40)19-16-29(25-10-4-2-5-11-25)26-12-6-3-7-13-26/h2-8,10-15,24,29H,9,16-23H2,1H3,(H,33,38)(H,39,40). The molecule has 4 rings (SSSR count). The molecule has 0 unspecified atom stereocenters. The second-order valence-corrected chi connectivity index (χ2v) is 10.1. The Labute approximate surface area is 241 Å². The summed E-state index contributed by atoms with van der Waals surface area (Å²) in [5, 5.41) is 12.2. The lowest BCUT2D eigenvalue weighted by Crippen LogP contribution is -2.48. The van der Waals surface area contributed by atoms with Gasteiger partial charge in [-0.25, -0.2) is 14.4 Å². The first-order valence-electron chi connectivity index (χ1n) is 14.0. The predicted octanol–water partition coefficient (Wildman–Crippen LogP) is 5.22. The van der Waals surface area contributed by atoms with Gasteiger partial charge in [0.25, 0.3) is 0 Å². The number of nitrogens with zero attached hydrogens (tertiary/aromatic N) is 3. The van der Waals surface area contributed by atoms with Crippen molar-refractivity contribution in [3.05, 3.63) is 102 Å². The summed E-state index contributed by atoms with van der Waals surface area (Å²) >= 11 is 0. The maximum atomic E-state index is 13.6. The van der Waals surface area contributed by atoms with Crippen LogP contribution in [-0.4, -0.2) is 90.8 Å². The van der Waals surface area contributed by atoms with Gasteiger partial charge >= 0.3 is 18.1 Å². The Morgan fingerprint density at radius 1 is 0.878 bits per heavy atom. The molecule has 0 bridgehead atoms. The van der Waals surface area contributed by atoms with E-state index in [2.05, 4.69) is 34.5 Å². The summed E-state index contributed by atoms with van der Waals surface area (Å²) in [5.41, 5.74) is 3.28. The van der Waals surface area contributed by atoms with Crippen molar-refractivity contribution in [3.8, 4) is 0 Å². The van der Waals surface area contributed by atoms with Crippen LogP contribution < -0.4 is 5.32 Å². The third kappa shape index (κ3) is 8.56. The van der Waals surface area contributed by atoms with Crippen LogP contribution in [0.2, 0.25) is 0 Å². The Morgan fingerprint density at radius 3 is 2.10 bits per heavy atom. The number of carbonyl (C=O) groups is 3. The highest BCUT2D eigenvalue weighted by molar-refractivity contribution is 5.93. The molecule has 2 N–H and O–H groups in total. The van der Waals surface area contributed by atoms with Crippen molar-refractivity contribution in [2.24, 2.45) is 0 Å². The molecule has 1 saturated heterocycles. The fraction of sp³-hybridized carbons (Fsp3) is 0.344. The van der Waals surface area contributed by atoms with E-state index in [9.17, 15) is 19.5 Å². The van der Waals surface area contributed by atoms with E-state index >= 15 is 0 Å². The fourth-order valence-corrected chi connectivity index (χ4v) is 5.19. The maximum absolute atomic E-state index is 13.6. The van der Waals surface area contributed by atoms with Gasteiger partial charge in [-0.1, -0.05) is 66.7 Å². The number of urea groups is 1. The van der Waals surface area contributed by atoms with Crippen LogP contribution in [-0.2, 0) is 4.74 Å². The highest BCUT2D eigenvalue weighted by atomic mass is 16.5. The monoisotopic (exact) mass is 558 g/mol. The summed E-state index contributed by atoms with van der Waals surface area (Å²) < 4.78 is 4.82. The zero-order chi connectivity index (χ0) is 29.0. The van der Waals surface area contributed by atoms with Crippen molar-refractivity contribution in [3.63, 3.8) is 0 Å². The normalized spacial score (nSPS) is 13.6. The molecule has 0 aliphatic carbocycles. The van der Waals surface area contributed by atoms with Crippen molar-refractivity contribution in [1.29, 1.82) is 0 Å². The number of amides is 3. The lowest BCUT2D eigenvalue weighted by molar-refractivity contribution is 0.0600. The molecule has 1 heterocycles. The average molecular weight is 559 g/mol. The fourth-order valence-electron chi connectivity index (χ4n) is 5.19. The molecule has 9 heteroatoms. The number of carbonyl (C=O) groups excluding carboxylic acids is 2. The van der Waals surface area contributed by atoms with Gasteiger partial charge in [0.2, 0.25) is 0 Å². The molecule has 0 atom stereocenters. The molecule has 0 aromatic heterocycles. The Hall–Kier alpha value is -4.37. The first-order valence-corrected chi connectivity index (χ1v) is 14.0. The number of rotatable bonds is 11. The average Bonchev–Trinajstić information content (AvgIpc) is 3.01. The highest BCUT2D eigenvalue weighted by Gasteiger charge is 2.22. The molecule has 0 spiro atoms. The van der Waals surface area contributed by atoms with Crippen molar-refractivity contribution in [1.82, 2.24) is 14.7 Å². The maximum Gasteiger partial charge on any atom is 0.407 e. The third-order valence-corrected chi connectivity index (χ3v) is 7.46. The number of methoxy groups -OCH3 is 1. The van der Waals surface area contributed by atoms with Gasteiger partial charge in [-0.2, -0.15) is 0 Å². The van der Waals surface area contributed by atoms with Crippen molar-refractivity contribution < 1.29 is 24.2 Å². The molecular formula is C32H38N4O5. The molecule has 41 heavy (non-hydrogen) atoms. The van der Waals surface area contributed by atoms with Gasteiger partial charge in [-0.3, -0.25) is 4.90 Å². The van der Waals surface area contributed by atoms with Gasteiger partial charge < -0.3 is 25.0 Å². The number of benzene rings is 3. The van der Waals surface area contributed by atoms with Gasteiger partial charge in [-0.05, 0) is 48.7 Å². The topological polar surface area (TPSA) is 102 Å². The second-order valence-electron chi connectivity index (χ2n) is 10.1. The van der Waals surface area contributed by atoms with Gasteiger partial charge in [0.1, 0.15) is 0 Å². The number of hydrogen-bond acceptors (Lipinski definition) is 5. The quantitative estimate of drug-likeness (QED) is 0.313. The number of ether oxygens (including phenoxy) is 1. The van der Waals surface area contributed by atoms with Crippen LogP contribution in [0.5, 0.6) is 0 Å². The van der Waals surface area contributed by atoms with E-state index in [0.29, 0.717) is 50.5 Å². The van der Waals surface area contributed by atoms with Crippen molar-refractivity contribution in [2.45, 2.75) is 18.8 Å². The number of carboxylic acid groups (broad SMARTS) is 1. The summed E-state index contributed by atoms with van der Waals surface area (Å²) in [6.07, 6.45) is 0.612. The Kier molecular flexibility index (Phi) is 10.7. The van der Waals surface area contributed by atoms with Gasteiger partial charge in [0, 0.05) is 50.9 Å². The molecule has 0 saturated carbocycles. The first kappa shape index (κ1) is 29.6. The number of hydrogen-bond donors (Lipinski definition) is 2. The number of anilines is 1. The molecule has 0 radical (unpaired) electrons. The van der Waals surface area contributed by atoms with Crippen LogP contribution in [0.4, 0.5) is 15.3 Å². The zero-order valence-corrected chi connectivity index (χ0v) is 23.4. The van der Waals surface area contributed by atoms with Crippen molar-refractivity contribution >= 4 is 23.8 Å². The van der Waals surface area contributed by atoms with E-state index in [-0.39, 0.29) is 11.9 Å². The van der Waals surface area contributed by atoms with E-state index in [1.807, 2.05) is 41.3 Å². The molecule has 1 aliphatic heterocycles. The van der Waals surface area contributed by atoms with Crippen LogP contribution in [0, 0.1) is 0 Å². The molecular weight excluding hydrogens is 520 g/mol. The van der Waals surface area contributed by atoms with Crippen LogP contribution in [0.1, 0.15) is 40.2 Å². The summed E-state index contributed by atoms with van der Waals surface area (Å²) in [4.78, 5) is 42.3. The highest BCUT2D eigenvalue weighted by Crippen LogP contribution is 2.28. The zero-order valence-electron chi connectivity index (χ0n) is 23.4. The summed E-state index contributed by atoms with van der Waals surface area (Å²) in [5.74, 6) is -0.339. The van der Waals surface area contributed by atoms with Crippen LogP contribution in [0.15, 0.2) is 84.9 Å². The Balaban J connectivity index is 1.45. The molecule has 1 fully saturated rings. The molecule has 216 valence electrons. The van der Waals surface area contributed by atoms with Gasteiger partial charge in [0.05, 0.1) is 12.7 Å². The van der Waals surface area contributed by atoms with Crippen LogP contribution in [0.25, 0.3) is 0 Å². The van der Waals surface area contributed by atoms with E-state index < -0.39 is 12.1 Å². The SMILES string of the molecule is COC(=O)c1cccc(NC(=O)N(CCCN2CCN(C(=O)O)CC2)CCC(c2ccccc2)c2ccccc2)c1. The molecule has 9 nitrogen and oxygen atoms in total.